The summed E-state index contributed by atoms with van der Waals surface area (Å²) in [6.07, 6.45) is 1.30. The van der Waals surface area contributed by atoms with Gasteiger partial charge in [0, 0.05) is 31.7 Å². The molecule has 4 rings (SSSR count). The molecule has 0 unspecified atom stereocenters. The molecule has 2 heterocycles. The van der Waals surface area contributed by atoms with Crippen LogP contribution < -0.4 is 5.32 Å². The molecule has 0 bridgehead atoms. The second kappa shape index (κ2) is 9.76. The van der Waals surface area contributed by atoms with Gasteiger partial charge in [-0.1, -0.05) is 18.2 Å². The first-order chi connectivity index (χ1) is 15.1. The van der Waals surface area contributed by atoms with Gasteiger partial charge in [0.25, 0.3) is 0 Å². The molecule has 9 heteroatoms. The number of nitrogens with zero attached hydrogens (tertiary/aromatic N) is 3. The number of rotatable bonds is 7. The Morgan fingerprint density at radius 1 is 1.16 bits per heavy atom. The lowest BCUT2D eigenvalue weighted by molar-refractivity contribution is -0.121. The van der Waals surface area contributed by atoms with Gasteiger partial charge in [0.1, 0.15) is 0 Å². The Hall–Kier alpha value is -3.17. The van der Waals surface area contributed by atoms with Gasteiger partial charge in [0.15, 0.2) is 11.6 Å². The maximum atomic E-state index is 13.4. The van der Waals surface area contributed by atoms with Gasteiger partial charge < -0.3 is 14.5 Å². The van der Waals surface area contributed by atoms with E-state index in [1.54, 1.807) is 6.07 Å². The monoisotopic (exact) mass is 428 g/mol. The van der Waals surface area contributed by atoms with Crippen molar-refractivity contribution < 1.29 is 22.7 Å². The van der Waals surface area contributed by atoms with Crippen LogP contribution in [0.4, 0.5) is 8.78 Å². The van der Waals surface area contributed by atoms with E-state index in [0.717, 1.165) is 17.2 Å². The first kappa shape index (κ1) is 21.1. The van der Waals surface area contributed by atoms with E-state index in [0.29, 0.717) is 44.2 Å². The summed E-state index contributed by atoms with van der Waals surface area (Å²) in [5.74, 6) is -1.42. The fourth-order valence-corrected chi connectivity index (χ4v) is 3.53. The molecular weight excluding hydrogens is 406 g/mol. The lowest BCUT2D eigenvalue weighted by Gasteiger charge is -2.33. The molecule has 0 radical (unpaired) electrons. The normalized spacial score (nSPS) is 16.9. The molecule has 162 valence electrons. The van der Waals surface area contributed by atoms with E-state index in [9.17, 15) is 13.6 Å². The second-order valence-electron chi connectivity index (χ2n) is 7.40. The van der Waals surface area contributed by atoms with Crippen LogP contribution in [0.2, 0.25) is 0 Å². The molecule has 0 aliphatic carbocycles. The molecule has 1 fully saturated rings. The van der Waals surface area contributed by atoms with Gasteiger partial charge in [-0.3, -0.25) is 9.69 Å². The summed E-state index contributed by atoms with van der Waals surface area (Å²) in [5, 5.41) is 10.4. The quantitative estimate of drug-likeness (QED) is 0.623. The molecule has 1 aliphatic rings. The number of benzene rings is 2. The van der Waals surface area contributed by atoms with Gasteiger partial charge in [0.2, 0.25) is 18.2 Å². The number of amides is 1. The van der Waals surface area contributed by atoms with Crippen molar-refractivity contribution in [1.82, 2.24) is 20.4 Å². The van der Waals surface area contributed by atoms with E-state index < -0.39 is 11.6 Å². The third kappa shape index (κ3) is 5.71. The first-order valence-electron chi connectivity index (χ1n) is 9.97. The summed E-state index contributed by atoms with van der Waals surface area (Å²) in [4.78, 5) is 14.5. The molecule has 1 atom stereocenters. The highest BCUT2D eigenvalue weighted by Gasteiger charge is 2.21. The Bertz CT molecular complexity index is 1030. The minimum absolute atomic E-state index is 0.121. The number of hydrogen-bond acceptors (Lipinski definition) is 6. The fourth-order valence-electron chi connectivity index (χ4n) is 3.53. The molecule has 1 aliphatic heterocycles. The molecule has 1 aromatic heterocycles. The van der Waals surface area contributed by atoms with E-state index >= 15 is 0 Å². The molecule has 1 amide bonds. The minimum Gasteiger partial charge on any atom is -0.423 e. The van der Waals surface area contributed by atoms with Gasteiger partial charge >= 0.3 is 0 Å². The van der Waals surface area contributed by atoms with Crippen LogP contribution in [0.25, 0.3) is 11.5 Å². The largest absolute Gasteiger partial charge is 0.423 e. The van der Waals surface area contributed by atoms with E-state index in [1.807, 2.05) is 24.3 Å². The molecule has 2 aromatic carbocycles. The number of ether oxygens (including phenoxy) is 1. The zero-order chi connectivity index (χ0) is 21.6. The highest BCUT2D eigenvalue weighted by molar-refractivity contribution is 5.79. The van der Waals surface area contributed by atoms with Crippen LogP contribution in [0.3, 0.4) is 0 Å². The van der Waals surface area contributed by atoms with Gasteiger partial charge in [-0.05, 0) is 35.4 Å². The number of carbonyl (C=O) groups excluding carboxylic acids is 1. The van der Waals surface area contributed by atoms with E-state index in [1.165, 1.54) is 12.5 Å². The van der Waals surface area contributed by atoms with E-state index in [4.69, 9.17) is 9.15 Å². The van der Waals surface area contributed by atoms with E-state index in [-0.39, 0.29) is 18.4 Å². The zero-order valence-corrected chi connectivity index (χ0v) is 16.8. The summed E-state index contributed by atoms with van der Waals surface area (Å²) in [6, 6.07) is 11.3. The van der Waals surface area contributed by atoms with Gasteiger partial charge in [-0.25, -0.2) is 8.78 Å². The lowest BCUT2D eigenvalue weighted by Crippen LogP contribution is -2.47. The van der Waals surface area contributed by atoms with Crippen molar-refractivity contribution in [1.29, 1.82) is 0 Å². The molecule has 7 nitrogen and oxygen atoms in total. The highest BCUT2D eigenvalue weighted by atomic mass is 19.2. The van der Waals surface area contributed by atoms with Crippen LogP contribution in [-0.4, -0.2) is 53.3 Å². The Kier molecular flexibility index (Phi) is 6.63. The number of halogens is 2. The van der Waals surface area contributed by atoms with Crippen LogP contribution >= 0.6 is 0 Å². The molecule has 31 heavy (non-hydrogen) atoms. The standard InChI is InChI=1S/C22H22F2N4O3/c23-19-5-4-16(9-20(19)24)12-28-6-7-30-18(13-28)11-25-21(29)10-15-2-1-3-17(8-15)22-27-26-14-31-22/h1-5,8-9,14,18H,6-7,10-13H2,(H,25,29)/t18-/m0/s1. The SMILES string of the molecule is O=C(Cc1cccc(-c2nnco2)c1)NC[C@H]1CN(Cc2ccc(F)c(F)c2)CCO1. The topological polar surface area (TPSA) is 80.5 Å². The fraction of sp³-hybridized carbons (Fsp3) is 0.318. The average Bonchev–Trinajstić information content (AvgIpc) is 3.31. The van der Waals surface area contributed by atoms with Crippen LogP contribution in [0.15, 0.2) is 53.3 Å². The maximum Gasteiger partial charge on any atom is 0.247 e. The summed E-state index contributed by atoms with van der Waals surface area (Å²) >= 11 is 0. The van der Waals surface area contributed by atoms with Crippen molar-refractivity contribution in [2.45, 2.75) is 19.1 Å². The summed E-state index contributed by atoms with van der Waals surface area (Å²) in [7, 11) is 0. The Balaban J connectivity index is 1.26. The van der Waals surface area contributed by atoms with E-state index in [2.05, 4.69) is 20.4 Å². The van der Waals surface area contributed by atoms with Crippen molar-refractivity contribution in [3.63, 3.8) is 0 Å². The Morgan fingerprint density at radius 3 is 2.87 bits per heavy atom. The van der Waals surface area contributed by atoms with Crippen LogP contribution in [0, 0.1) is 11.6 Å². The smallest absolute Gasteiger partial charge is 0.247 e. The second-order valence-corrected chi connectivity index (χ2v) is 7.40. The summed E-state index contributed by atoms with van der Waals surface area (Å²) in [5.41, 5.74) is 2.29. The number of carbonyl (C=O) groups is 1. The van der Waals surface area contributed by atoms with Crippen LogP contribution in [0.1, 0.15) is 11.1 Å². The van der Waals surface area contributed by atoms with Crippen molar-refractivity contribution >= 4 is 5.91 Å². The Labute approximate surface area is 178 Å². The van der Waals surface area contributed by atoms with Crippen LogP contribution in [-0.2, 0) is 22.5 Å². The van der Waals surface area contributed by atoms with Crippen molar-refractivity contribution in [2.24, 2.45) is 0 Å². The van der Waals surface area contributed by atoms with Crippen molar-refractivity contribution in [2.75, 3.05) is 26.2 Å². The van der Waals surface area contributed by atoms with Gasteiger partial charge in [0.05, 0.1) is 19.1 Å². The number of hydrogen-bond donors (Lipinski definition) is 1. The van der Waals surface area contributed by atoms with Crippen molar-refractivity contribution in [3.8, 4) is 11.5 Å². The first-order valence-corrected chi connectivity index (χ1v) is 9.97. The van der Waals surface area contributed by atoms with Gasteiger partial charge in [-0.15, -0.1) is 10.2 Å². The third-order valence-corrected chi connectivity index (χ3v) is 5.04. The Morgan fingerprint density at radius 2 is 2.06 bits per heavy atom. The minimum atomic E-state index is -0.853. The molecule has 1 N–H and O–H groups in total. The number of nitrogens with one attached hydrogen (secondary N) is 1. The highest BCUT2D eigenvalue weighted by Crippen LogP contribution is 2.18. The lowest BCUT2D eigenvalue weighted by atomic mass is 10.1. The molecule has 0 saturated carbocycles. The third-order valence-electron chi connectivity index (χ3n) is 5.04. The van der Waals surface area contributed by atoms with Gasteiger partial charge in [-0.2, -0.15) is 0 Å². The number of morpholine rings is 1. The predicted molar refractivity (Wildman–Crippen MR) is 108 cm³/mol. The summed E-state index contributed by atoms with van der Waals surface area (Å²) < 4.78 is 37.5. The number of aromatic nitrogens is 2. The van der Waals surface area contributed by atoms with Crippen molar-refractivity contribution in [3.05, 3.63) is 71.6 Å². The van der Waals surface area contributed by atoms with Crippen LogP contribution in [0.5, 0.6) is 0 Å². The summed E-state index contributed by atoms with van der Waals surface area (Å²) in [6.45, 7) is 2.65. The maximum absolute atomic E-state index is 13.4. The molecule has 0 spiro atoms. The molecule has 3 aromatic rings. The average molecular weight is 428 g/mol. The zero-order valence-electron chi connectivity index (χ0n) is 16.8. The molecular formula is C22H22F2N4O3. The predicted octanol–water partition coefficient (Wildman–Crippen LogP) is 2.57. The molecule has 1 saturated heterocycles.